The van der Waals surface area contributed by atoms with E-state index in [-0.39, 0.29) is 12.4 Å². The van der Waals surface area contributed by atoms with Gasteiger partial charge in [0.2, 0.25) is 0 Å². The zero-order valence-corrected chi connectivity index (χ0v) is 30.0. The highest BCUT2D eigenvalue weighted by molar-refractivity contribution is 5.49. The normalized spacial score (nSPS) is 18.6. The molecule has 0 radical (unpaired) electrons. The maximum Gasteiger partial charge on any atom is 0.351 e. The minimum absolute atomic E-state index is 0.0407. The van der Waals surface area contributed by atoms with E-state index in [1.165, 1.54) is 16.8 Å². The number of ether oxygens (including phenoxy) is 3. The van der Waals surface area contributed by atoms with Gasteiger partial charge in [0.15, 0.2) is 12.4 Å². The number of hydrogen-bond donors (Lipinski definition) is 1. The van der Waals surface area contributed by atoms with Gasteiger partial charge in [0, 0.05) is 6.20 Å². The Morgan fingerprint density at radius 2 is 0.945 bits per heavy atom. The molecule has 2 N–H and O–H groups in total. The first-order valence-electron chi connectivity index (χ1n) is 18.3. The van der Waals surface area contributed by atoms with Crippen molar-refractivity contribution in [1.29, 1.82) is 0 Å². The molecule has 1 fully saturated rings. The van der Waals surface area contributed by atoms with Crippen LogP contribution < -0.4 is 11.4 Å². The van der Waals surface area contributed by atoms with Gasteiger partial charge >= 0.3 is 5.69 Å². The first-order chi connectivity index (χ1) is 27.0. The van der Waals surface area contributed by atoms with Gasteiger partial charge in [0.1, 0.15) is 29.2 Å². The Kier molecular flexibility index (Phi) is 10.2. The van der Waals surface area contributed by atoms with Gasteiger partial charge in [-0.15, -0.1) is 0 Å². The van der Waals surface area contributed by atoms with Crippen LogP contribution in [0.3, 0.4) is 0 Å². The molecule has 0 spiro atoms. The molecule has 4 atom stereocenters. The third-order valence-corrected chi connectivity index (χ3v) is 10.2. The Balaban J connectivity index is 1.26. The average molecular weight is 730 g/mol. The smallest absolute Gasteiger partial charge is 0.351 e. The van der Waals surface area contributed by atoms with Crippen LogP contribution in [0.25, 0.3) is 0 Å². The summed E-state index contributed by atoms with van der Waals surface area (Å²) in [5.41, 5.74) is 7.68. The lowest BCUT2D eigenvalue weighted by Gasteiger charge is -2.39. The van der Waals surface area contributed by atoms with Gasteiger partial charge in [-0.3, -0.25) is 4.57 Å². The molecule has 0 saturated carbocycles. The molecule has 1 saturated heterocycles. The van der Waals surface area contributed by atoms with E-state index in [0.29, 0.717) is 0 Å². The number of alkyl halides is 1. The molecule has 1 unspecified atom stereocenters. The molecular weight excluding hydrogens is 690 g/mol. The highest BCUT2D eigenvalue weighted by atomic mass is 19.1. The predicted molar refractivity (Wildman–Crippen MR) is 211 cm³/mol. The van der Waals surface area contributed by atoms with Crippen molar-refractivity contribution in [2.45, 2.75) is 35.8 Å². The van der Waals surface area contributed by atoms with Crippen LogP contribution in [-0.4, -0.2) is 34.5 Å². The molecule has 6 aromatic carbocycles. The van der Waals surface area contributed by atoms with E-state index in [4.69, 9.17) is 19.9 Å². The van der Waals surface area contributed by atoms with Crippen molar-refractivity contribution < 1.29 is 18.6 Å². The minimum Gasteiger partial charge on any atom is -0.383 e. The van der Waals surface area contributed by atoms with Gasteiger partial charge in [-0.2, -0.15) is 4.98 Å². The fourth-order valence-corrected chi connectivity index (χ4v) is 7.70. The summed E-state index contributed by atoms with van der Waals surface area (Å²) >= 11 is 0. The first-order valence-corrected chi connectivity index (χ1v) is 18.3. The zero-order valence-electron chi connectivity index (χ0n) is 30.0. The fourth-order valence-electron chi connectivity index (χ4n) is 7.70. The number of halogens is 1. The molecule has 0 amide bonds. The lowest BCUT2D eigenvalue weighted by atomic mass is 9.79. The summed E-state index contributed by atoms with van der Waals surface area (Å²) in [6.07, 6.45) is -4.03. The number of aromatic nitrogens is 2. The minimum atomic E-state index is -1.77. The standard InChI is InChI=1S/C47H40FN3O4/c48-42-40(33-53-46(34-19-7-1-8-20-34,35-21-9-2-10-22-35)36-23-11-3-12-24-36)54-44(51-32-31-41(49)50-45(51)52)43(42)55-47(37-25-13-4-14-26-37,38-27-15-5-16-28-38)39-29-17-6-18-30-39/h1-32,40,42-44H,33H2,(H2,49,50,52)/t40-,42+,43-,44?/m1/s1. The Bertz CT molecular complexity index is 2160. The first kappa shape index (κ1) is 35.8. The van der Waals surface area contributed by atoms with E-state index in [2.05, 4.69) is 4.98 Å². The number of hydrogen-bond acceptors (Lipinski definition) is 6. The molecule has 1 aromatic heterocycles. The summed E-state index contributed by atoms with van der Waals surface area (Å²) < 4.78 is 40.0. The lowest BCUT2D eigenvalue weighted by molar-refractivity contribution is -0.121. The van der Waals surface area contributed by atoms with Crippen molar-refractivity contribution in [3.8, 4) is 0 Å². The number of nitrogens with zero attached hydrogens (tertiary/aromatic N) is 2. The molecular formula is C47H40FN3O4. The molecule has 1 aliphatic rings. The van der Waals surface area contributed by atoms with Crippen LogP contribution in [0.2, 0.25) is 0 Å². The highest BCUT2D eigenvalue weighted by Gasteiger charge is 2.53. The number of nitrogen functional groups attached to an aromatic ring is 1. The molecule has 1 aliphatic heterocycles. The second-order valence-electron chi connectivity index (χ2n) is 13.5. The molecule has 0 bridgehead atoms. The second-order valence-corrected chi connectivity index (χ2v) is 13.5. The topological polar surface area (TPSA) is 88.6 Å². The summed E-state index contributed by atoms with van der Waals surface area (Å²) in [6.45, 7) is -0.192. The van der Waals surface area contributed by atoms with E-state index in [0.717, 1.165) is 33.4 Å². The van der Waals surface area contributed by atoms with Crippen LogP contribution in [0.1, 0.15) is 39.6 Å². The Morgan fingerprint density at radius 1 is 0.582 bits per heavy atom. The largest absolute Gasteiger partial charge is 0.383 e. The average Bonchev–Trinajstić information content (AvgIpc) is 3.55. The molecule has 0 aliphatic carbocycles. The Hall–Kier alpha value is -6.19. The van der Waals surface area contributed by atoms with Gasteiger partial charge in [0.25, 0.3) is 0 Å². The van der Waals surface area contributed by atoms with Gasteiger partial charge < -0.3 is 19.9 Å². The summed E-state index contributed by atoms with van der Waals surface area (Å²) in [6, 6.07) is 60.2. The Morgan fingerprint density at radius 3 is 1.31 bits per heavy atom. The van der Waals surface area contributed by atoms with Crippen LogP contribution in [0.15, 0.2) is 199 Å². The number of anilines is 1. The third kappa shape index (κ3) is 6.76. The molecule has 8 heteroatoms. The fraction of sp³-hybridized carbons (Fsp3) is 0.149. The molecule has 7 nitrogen and oxygen atoms in total. The SMILES string of the molecule is Nc1ccn(C2O[C@H](COC(c3ccccc3)(c3ccccc3)c3ccccc3)[C@H](F)[C@H]2OC(c2ccccc2)(c2ccccc2)c2ccccc2)c(=O)n1. The number of nitrogens with two attached hydrogens (primary N) is 1. The third-order valence-electron chi connectivity index (χ3n) is 10.2. The lowest BCUT2D eigenvalue weighted by Crippen LogP contribution is -2.44. The van der Waals surface area contributed by atoms with Crippen molar-refractivity contribution in [1.82, 2.24) is 9.55 Å². The van der Waals surface area contributed by atoms with E-state index >= 15 is 4.39 Å². The monoisotopic (exact) mass is 729 g/mol. The molecule has 274 valence electrons. The van der Waals surface area contributed by atoms with Gasteiger partial charge in [-0.25, -0.2) is 9.18 Å². The van der Waals surface area contributed by atoms with E-state index < -0.39 is 41.5 Å². The van der Waals surface area contributed by atoms with Crippen LogP contribution in [0.4, 0.5) is 10.2 Å². The molecule has 55 heavy (non-hydrogen) atoms. The molecule has 7 aromatic rings. The van der Waals surface area contributed by atoms with Crippen molar-refractivity contribution in [2.75, 3.05) is 12.3 Å². The maximum absolute atomic E-state index is 17.8. The van der Waals surface area contributed by atoms with E-state index in [1.54, 1.807) is 0 Å². The van der Waals surface area contributed by atoms with Gasteiger partial charge in [-0.1, -0.05) is 182 Å². The van der Waals surface area contributed by atoms with E-state index in [9.17, 15) is 4.79 Å². The van der Waals surface area contributed by atoms with Crippen LogP contribution in [-0.2, 0) is 25.4 Å². The predicted octanol–water partition coefficient (Wildman–Crippen LogP) is 8.45. The van der Waals surface area contributed by atoms with Crippen LogP contribution >= 0.6 is 0 Å². The molecule has 8 rings (SSSR count). The van der Waals surface area contributed by atoms with Crippen molar-refractivity contribution in [3.63, 3.8) is 0 Å². The summed E-state index contributed by atoms with van der Waals surface area (Å²) in [7, 11) is 0. The summed E-state index contributed by atoms with van der Waals surface area (Å²) in [4.78, 5) is 17.5. The maximum atomic E-state index is 17.8. The van der Waals surface area contributed by atoms with Gasteiger partial charge in [-0.05, 0) is 39.4 Å². The quantitative estimate of drug-likeness (QED) is 0.127. The van der Waals surface area contributed by atoms with E-state index in [1.807, 2.05) is 182 Å². The summed E-state index contributed by atoms with van der Waals surface area (Å²) in [5.74, 6) is 0.0407. The van der Waals surface area contributed by atoms with Crippen molar-refractivity contribution in [2.24, 2.45) is 0 Å². The zero-order chi connectivity index (χ0) is 37.7. The van der Waals surface area contributed by atoms with Gasteiger partial charge in [0.05, 0.1) is 6.61 Å². The molecule has 2 heterocycles. The highest BCUT2D eigenvalue weighted by Crippen LogP contribution is 2.47. The van der Waals surface area contributed by atoms with Crippen molar-refractivity contribution >= 4 is 5.82 Å². The number of benzene rings is 6. The Labute approximate surface area is 319 Å². The summed E-state index contributed by atoms with van der Waals surface area (Å²) in [5, 5.41) is 0. The number of rotatable bonds is 12. The van der Waals surface area contributed by atoms with Crippen molar-refractivity contribution in [3.05, 3.63) is 238 Å². The van der Waals surface area contributed by atoms with Crippen LogP contribution in [0.5, 0.6) is 0 Å². The van der Waals surface area contributed by atoms with Crippen LogP contribution in [0, 0.1) is 0 Å². The second kappa shape index (κ2) is 15.7.